The molecule has 114 valence electrons. The summed E-state index contributed by atoms with van der Waals surface area (Å²) in [7, 11) is 0. The minimum Gasteiger partial charge on any atom is -0.478 e. The summed E-state index contributed by atoms with van der Waals surface area (Å²) in [5.74, 6) is 0.0237. The molecule has 2 rings (SSSR count). The van der Waals surface area contributed by atoms with Gasteiger partial charge in [-0.2, -0.15) is 11.8 Å². The van der Waals surface area contributed by atoms with E-state index < -0.39 is 12.0 Å². The summed E-state index contributed by atoms with van der Waals surface area (Å²) in [4.78, 5) is 23.0. The maximum Gasteiger partial charge on any atom is 0.337 e. The van der Waals surface area contributed by atoms with Gasteiger partial charge in [0.25, 0.3) is 0 Å². The van der Waals surface area contributed by atoms with Crippen LogP contribution in [0.1, 0.15) is 29.6 Å². The van der Waals surface area contributed by atoms with E-state index in [4.69, 9.17) is 16.7 Å². The molecule has 0 aliphatic carbocycles. The lowest BCUT2D eigenvalue weighted by Gasteiger charge is -2.21. The van der Waals surface area contributed by atoms with E-state index in [1.165, 1.54) is 31.0 Å². The summed E-state index contributed by atoms with van der Waals surface area (Å²) >= 11 is 7.70. The first-order chi connectivity index (χ1) is 10.1. The van der Waals surface area contributed by atoms with E-state index in [0.717, 1.165) is 12.2 Å². The van der Waals surface area contributed by atoms with Gasteiger partial charge in [0, 0.05) is 16.8 Å². The van der Waals surface area contributed by atoms with Crippen LogP contribution >= 0.6 is 23.4 Å². The van der Waals surface area contributed by atoms with Crippen molar-refractivity contribution in [2.45, 2.75) is 24.5 Å². The highest BCUT2D eigenvalue weighted by Gasteiger charge is 2.16. The molecule has 21 heavy (non-hydrogen) atoms. The molecule has 1 saturated heterocycles. The van der Waals surface area contributed by atoms with Gasteiger partial charge in [0.15, 0.2) is 0 Å². The highest BCUT2D eigenvalue weighted by Crippen LogP contribution is 2.24. The summed E-state index contributed by atoms with van der Waals surface area (Å²) in [5.41, 5.74) is 0.213. The molecule has 0 saturated carbocycles. The summed E-state index contributed by atoms with van der Waals surface area (Å²) < 4.78 is 0. The van der Waals surface area contributed by atoms with Crippen LogP contribution in [0.3, 0.4) is 0 Å². The number of urea groups is 1. The Morgan fingerprint density at radius 2 is 2.19 bits per heavy atom. The molecule has 3 N–H and O–H groups in total. The zero-order valence-electron chi connectivity index (χ0n) is 11.4. The van der Waals surface area contributed by atoms with Gasteiger partial charge in [-0.15, -0.1) is 0 Å². The number of carboxylic acids is 1. The topological polar surface area (TPSA) is 78.4 Å². The molecule has 0 spiro atoms. The Hall–Kier alpha value is -1.40. The minimum atomic E-state index is -1.11. The van der Waals surface area contributed by atoms with E-state index in [1.807, 2.05) is 11.8 Å². The lowest BCUT2D eigenvalue weighted by molar-refractivity contribution is 0.0698. The molecule has 1 unspecified atom stereocenters. The zero-order chi connectivity index (χ0) is 15.2. The number of nitrogens with one attached hydrogen (secondary N) is 2. The minimum absolute atomic E-state index is 0.0154. The molecular formula is C14H17ClN2O3S. The molecule has 1 aliphatic heterocycles. The molecule has 1 aromatic carbocycles. The van der Waals surface area contributed by atoms with Crippen molar-refractivity contribution in [1.29, 1.82) is 0 Å². The quantitative estimate of drug-likeness (QED) is 0.791. The van der Waals surface area contributed by atoms with E-state index in [9.17, 15) is 9.59 Å². The Labute approximate surface area is 132 Å². The van der Waals surface area contributed by atoms with E-state index in [2.05, 4.69) is 10.6 Å². The number of halogens is 1. The standard InChI is InChI=1S/C14H17ClN2O3S/c15-9-4-5-11(13(18)19)12(7-9)17-14(20)16-8-10-3-1-2-6-21-10/h4-5,7,10H,1-3,6,8H2,(H,18,19)(H2,16,17,20). The van der Waals surface area contributed by atoms with Gasteiger partial charge in [-0.3, -0.25) is 0 Å². The third-order valence-electron chi connectivity index (χ3n) is 3.22. The van der Waals surface area contributed by atoms with Crippen LogP contribution in [0.5, 0.6) is 0 Å². The first-order valence-corrected chi connectivity index (χ1v) is 8.18. The van der Waals surface area contributed by atoms with Crippen molar-refractivity contribution in [2.75, 3.05) is 17.6 Å². The number of carboxylic acid groups (broad SMARTS) is 1. The van der Waals surface area contributed by atoms with Gasteiger partial charge >= 0.3 is 12.0 Å². The third kappa shape index (κ3) is 4.82. The maximum atomic E-state index is 11.9. The molecule has 1 aromatic rings. The Morgan fingerprint density at radius 3 is 2.86 bits per heavy atom. The molecule has 1 fully saturated rings. The molecule has 2 amide bonds. The van der Waals surface area contributed by atoms with Crippen LogP contribution in [0, 0.1) is 0 Å². The molecule has 0 radical (unpaired) electrons. The zero-order valence-corrected chi connectivity index (χ0v) is 13.0. The largest absolute Gasteiger partial charge is 0.478 e. The summed E-state index contributed by atoms with van der Waals surface area (Å²) in [6.07, 6.45) is 3.53. The van der Waals surface area contributed by atoms with Crippen LogP contribution in [0.25, 0.3) is 0 Å². The second-order valence-corrected chi connectivity index (χ2v) is 6.66. The van der Waals surface area contributed by atoms with Crippen LogP contribution in [0.4, 0.5) is 10.5 Å². The molecule has 1 heterocycles. The highest BCUT2D eigenvalue weighted by atomic mass is 35.5. The number of anilines is 1. The summed E-state index contributed by atoms with van der Waals surface area (Å²) in [6, 6.07) is 3.87. The SMILES string of the molecule is O=C(NCC1CCCCS1)Nc1cc(Cl)ccc1C(=O)O. The lowest BCUT2D eigenvalue weighted by Crippen LogP contribution is -2.35. The Bertz CT molecular complexity index is 533. The van der Waals surface area contributed by atoms with Gasteiger partial charge in [0.2, 0.25) is 0 Å². The average molecular weight is 329 g/mol. The number of benzene rings is 1. The highest BCUT2D eigenvalue weighted by molar-refractivity contribution is 7.99. The van der Waals surface area contributed by atoms with E-state index in [1.54, 1.807) is 0 Å². The van der Waals surface area contributed by atoms with E-state index in [-0.39, 0.29) is 11.3 Å². The predicted octanol–water partition coefficient (Wildman–Crippen LogP) is 3.45. The molecule has 7 heteroatoms. The molecule has 1 aliphatic rings. The smallest absolute Gasteiger partial charge is 0.337 e. The van der Waals surface area contributed by atoms with Crippen molar-refractivity contribution < 1.29 is 14.7 Å². The van der Waals surface area contributed by atoms with Gasteiger partial charge in [-0.1, -0.05) is 18.0 Å². The first-order valence-electron chi connectivity index (χ1n) is 6.75. The number of hydrogen-bond acceptors (Lipinski definition) is 3. The van der Waals surface area contributed by atoms with Crippen LogP contribution in [-0.2, 0) is 0 Å². The van der Waals surface area contributed by atoms with Gasteiger partial charge in [-0.25, -0.2) is 9.59 Å². The molecular weight excluding hydrogens is 312 g/mol. The van der Waals surface area contributed by atoms with Crippen LogP contribution in [-0.4, -0.2) is 34.7 Å². The van der Waals surface area contributed by atoms with Crippen LogP contribution in [0.15, 0.2) is 18.2 Å². The van der Waals surface area contributed by atoms with Crippen LogP contribution < -0.4 is 10.6 Å². The van der Waals surface area contributed by atoms with Crippen molar-refractivity contribution >= 4 is 41.1 Å². The number of thioether (sulfide) groups is 1. The van der Waals surface area contributed by atoms with Gasteiger partial charge in [-0.05, 0) is 36.8 Å². The van der Waals surface area contributed by atoms with Crippen LogP contribution in [0.2, 0.25) is 5.02 Å². The van der Waals surface area contributed by atoms with Gasteiger partial charge in [0.05, 0.1) is 11.3 Å². The summed E-state index contributed by atoms with van der Waals surface area (Å²) in [5, 5.41) is 15.2. The van der Waals surface area contributed by atoms with E-state index >= 15 is 0 Å². The van der Waals surface area contributed by atoms with E-state index in [0.29, 0.717) is 16.8 Å². The molecule has 0 aromatic heterocycles. The monoisotopic (exact) mass is 328 g/mol. The second-order valence-electron chi connectivity index (χ2n) is 4.82. The number of hydrogen-bond donors (Lipinski definition) is 3. The number of amides is 2. The Morgan fingerprint density at radius 1 is 1.38 bits per heavy atom. The molecule has 0 bridgehead atoms. The van der Waals surface area contributed by atoms with Crippen molar-refractivity contribution in [1.82, 2.24) is 5.32 Å². The average Bonchev–Trinajstić information content (AvgIpc) is 2.46. The molecule has 1 atom stereocenters. The Balaban J connectivity index is 1.92. The lowest BCUT2D eigenvalue weighted by atomic mass is 10.2. The second kappa shape index (κ2) is 7.56. The maximum absolute atomic E-state index is 11.9. The van der Waals surface area contributed by atoms with Crippen molar-refractivity contribution in [3.63, 3.8) is 0 Å². The fourth-order valence-electron chi connectivity index (χ4n) is 2.15. The fraction of sp³-hybridized carbons (Fsp3) is 0.429. The van der Waals surface area contributed by atoms with Gasteiger partial charge < -0.3 is 15.7 Å². The van der Waals surface area contributed by atoms with Crippen molar-refractivity contribution in [2.24, 2.45) is 0 Å². The molecule has 5 nitrogen and oxygen atoms in total. The first kappa shape index (κ1) is 16.0. The predicted molar refractivity (Wildman–Crippen MR) is 85.5 cm³/mol. The van der Waals surface area contributed by atoms with Crippen molar-refractivity contribution in [3.05, 3.63) is 28.8 Å². The van der Waals surface area contributed by atoms with Crippen molar-refractivity contribution in [3.8, 4) is 0 Å². The fourth-order valence-corrected chi connectivity index (χ4v) is 3.56. The normalized spacial score (nSPS) is 18.0. The Kier molecular flexibility index (Phi) is 5.76. The summed E-state index contributed by atoms with van der Waals surface area (Å²) in [6.45, 7) is 0.583. The third-order valence-corrected chi connectivity index (χ3v) is 4.86. The number of aromatic carboxylic acids is 1. The van der Waals surface area contributed by atoms with Gasteiger partial charge in [0.1, 0.15) is 0 Å². The number of rotatable bonds is 4. The number of carbonyl (C=O) groups excluding carboxylic acids is 1. The number of carbonyl (C=O) groups is 2.